The Morgan fingerprint density at radius 1 is 1.42 bits per heavy atom. The van der Waals surface area contributed by atoms with Crippen LogP contribution in [0.5, 0.6) is 5.75 Å². The van der Waals surface area contributed by atoms with E-state index in [9.17, 15) is 5.11 Å². The van der Waals surface area contributed by atoms with E-state index in [0.29, 0.717) is 13.2 Å². The molecule has 0 saturated heterocycles. The highest BCUT2D eigenvalue weighted by molar-refractivity contribution is 5.38. The minimum Gasteiger partial charge on any atom is -0.494 e. The van der Waals surface area contributed by atoms with E-state index in [1.807, 2.05) is 49.1 Å². The van der Waals surface area contributed by atoms with Crippen molar-refractivity contribution in [2.75, 3.05) is 6.61 Å². The van der Waals surface area contributed by atoms with Crippen LogP contribution in [-0.4, -0.2) is 21.5 Å². The van der Waals surface area contributed by atoms with E-state index in [4.69, 9.17) is 4.74 Å². The summed E-state index contributed by atoms with van der Waals surface area (Å²) >= 11 is 0. The number of aromatic nitrogens is 2. The molecular formula is C15H20N2O2. The second-order valence-electron chi connectivity index (χ2n) is 4.69. The Labute approximate surface area is 113 Å². The van der Waals surface area contributed by atoms with Gasteiger partial charge in [0.05, 0.1) is 25.5 Å². The first-order valence-electron chi connectivity index (χ1n) is 6.53. The van der Waals surface area contributed by atoms with Gasteiger partial charge in [0.25, 0.3) is 0 Å². The normalized spacial score (nSPS) is 12.4. The molecule has 0 amide bonds. The summed E-state index contributed by atoms with van der Waals surface area (Å²) in [6.45, 7) is 7.00. The zero-order valence-electron chi connectivity index (χ0n) is 11.6. The van der Waals surface area contributed by atoms with E-state index >= 15 is 0 Å². The number of aliphatic hydroxyl groups excluding tert-OH is 1. The average Bonchev–Trinajstić information content (AvgIpc) is 2.77. The standard InChI is InChI=1S/C15H20N2O2/c1-4-19-15-6-5-13(12(3)18)7-14(15)10-17-9-11(2)8-16-17/h5-9,12,18H,4,10H2,1-3H3. The number of hydrogen-bond donors (Lipinski definition) is 1. The SMILES string of the molecule is CCOc1ccc(C(C)O)cc1Cn1cc(C)cn1. The fourth-order valence-corrected chi connectivity index (χ4v) is 2.01. The molecule has 0 radical (unpaired) electrons. The molecule has 0 spiro atoms. The van der Waals surface area contributed by atoms with Crippen molar-refractivity contribution in [3.8, 4) is 5.75 Å². The van der Waals surface area contributed by atoms with Gasteiger partial charge < -0.3 is 9.84 Å². The van der Waals surface area contributed by atoms with Crippen LogP contribution < -0.4 is 4.74 Å². The number of ether oxygens (including phenoxy) is 1. The van der Waals surface area contributed by atoms with Crippen molar-refractivity contribution in [1.82, 2.24) is 9.78 Å². The van der Waals surface area contributed by atoms with E-state index in [2.05, 4.69) is 5.10 Å². The van der Waals surface area contributed by atoms with Crippen LogP contribution >= 0.6 is 0 Å². The first-order valence-corrected chi connectivity index (χ1v) is 6.53. The summed E-state index contributed by atoms with van der Waals surface area (Å²) < 4.78 is 7.50. The van der Waals surface area contributed by atoms with E-state index < -0.39 is 6.10 Å². The maximum atomic E-state index is 9.68. The second kappa shape index (κ2) is 5.89. The molecule has 0 bridgehead atoms. The number of rotatable bonds is 5. The van der Waals surface area contributed by atoms with Crippen LogP contribution in [0.3, 0.4) is 0 Å². The Morgan fingerprint density at radius 2 is 2.21 bits per heavy atom. The molecule has 1 atom stereocenters. The zero-order valence-corrected chi connectivity index (χ0v) is 11.6. The Morgan fingerprint density at radius 3 is 2.79 bits per heavy atom. The van der Waals surface area contributed by atoms with Crippen molar-refractivity contribution in [1.29, 1.82) is 0 Å². The van der Waals surface area contributed by atoms with E-state index in [1.165, 1.54) is 0 Å². The highest BCUT2D eigenvalue weighted by Gasteiger charge is 2.09. The third-order valence-electron chi connectivity index (χ3n) is 2.96. The predicted octanol–water partition coefficient (Wildman–Crippen LogP) is 2.69. The fourth-order valence-electron chi connectivity index (χ4n) is 2.01. The molecule has 4 nitrogen and oxygen atoms in total. The monoisotopic (exact) mass is 260 g/mol. The zero-order chi connectivity index (χ0) is 13.8. The molecule has 1 aromatic heterocycles. The first-order chi connectivity index (χ1) is 9.10. The quantitative estimate of drug-likeness (QED) is 0.899. The van der Waals surface area contributed by atoms with Crippen molar-refractivity contribution in [3.63, 3.8) is 0 Å². The van der Waals surface area contributed by atoms with Gasteiger partial charge in [-0.05, 0) is 44.0 Å². The summed E-state index contributed by atoms with van der Waals surface area (Å²) in [5.74, 6) is 0.847. The molecule has 0 fully saturated rings. The maximum absolute atomic E-state index is 9.68. The predicted molar refractivity (Wildman–Crippen MR) is 74.3 cm³/mol. The molecule has 0 aliphatic heterocycles. The lowest BCUT2D eigenvalue weighted by atomic mass is 10.1. The first kappa shape index (κ1) is 13.6. The highest BCUT2D eigenvalue weighted by Crippen LogP contribution is 2.24. The lowest BCUT2D eigenvalue weighted by Crippen LogP contribution is -2.05. The van der Waals surface area contributed by atoms with Gasteiger partial charge in [0.15, 0.2) is 0 Å². The van der Waals surface area contributed by atoms with Crippen molar-refractivity contribution >= 4 is 0 Å². The van der Waals surface area contributed by atoms with Crippen molar-refractivity contribution in [2.24, 2.45) is 0 Å². The van der Waals surface area contributed by atoms with Crippen molar-refractivity contribution in [2.45, 2.75) is 33.4 Å². The number of benzene rings is 1. The minimum atomic E-state index is -0.478. The summed E-state index contributed by atoms with van der Waals surface area (Å²) in [6.07, 6.45) is 3.35. The summed E-state index contributed by atoms with van der Waals surface area (Å²) in [6, 6.07) is 5.79. The van der Waals surface area contributed by atoms with Gasteiger partial charge in [0.1, 0.15) is 5.75 Å². The molecule has 4 heteroatoms. The van der Waals surface area contributed by atoms with Gasteiger partial charge >= 0.3 is 0 Å². The average molecular weight is 260 g/mol. The van der Waals surface area contributed by atoms with Gasteiger partial charge in [-0.3, -0.25) is 4.68 Å². The summed E-state index contributed by atoms with van der Waals surface area (Å²) in [5.41, 5.74) is 3.05. The van der Waals surface area contributed by atoms with E-state index in [-0.39, 0.29) is 0 Å². The molecule has 1 N–H and O–H groups in total. The van der Waals surface area contributed by atoms with Crippen LogP contribution in [-0.2, 0) is 6.54 Å². The molecule has 1 unspecified atom stereocenters. The van der Waals surface area contributed by atoms with Crippen LogP contribution in [0.1, 0.15) is 36.6 Å². The Balaban J connectivity index is 2.31. The lowest BCUT2D eigenvalue weighted by molar-refractivity contribution is 0.199. The molecule has 1 heterocycles. The molecule has 1 aromatic carbocycles. The molecule has 2 rings (SSSR count). The fraction of sp³-hybridized carbons (Fsp3) is 0.400. The van der Waals surface area contributed by atoms with Gasteiger partial charge in [0.2, 0.25) is 0 Å². The topological polar surface area (TPSA) is 47.3 Å². The van der Waals surface area contributed by atoms with Crippen LogP contribution in [0, 0.1) is 6.92 Å². The molecule has 0 aliphatic rings. The summed E-state index contributed by atoms with van der Waals surface area (Å²) in [7, 11) is 0. The van der Waals surface area contributed by atoms with Gasteiger partial charge in [-0.2, -0.15) is 5.10 Å². The lowest BCUT2D eigenvalue weighted by Gasteiger charge is -2.13. The minimum absolute atomic E-state index is 0.478. The van der Waals surface area contributed by atoms with Crippen LogP contribution in [0.25, 0.3) is 0 Å². The Bertz CT molecular complexity index is 547. The Hall–Kier alpha value is -1.81. The van der Waals surface area contributed by atoms with Gasteiger partial charge in [-0.25, -0.2) is 0 Å². The number of aryl methyl sites for hydroxylation is 1. The van der Waals surface area contributed by atoms with Crippen LogP contribution in [0.4, 0.5) is 0 Å². The van der Waals surface area contributed by atoms with Crippen LogP contribution in [0.2, 0.25) is 0 Å². The van der Waals surface area contributed by atoms with E-state index in [0.717, 1.165) is 22.4 Å². The maximum Gasteiger partial charge on any atom is 0.124 e. The van der Waals surface area contributed by atoms with E-state index in [1.54, 1.807) is 6.92 Å². The number of hydrogen-bond acceptors (Lipinski definition) is 3. The molecule has 102 valence electrons. The number of nitrogens with zero attached hydrogens (tertiary/aromatic N) is 2. The number of aliphatic hydroxyl groups is 1. The molecule has 2 aromatic rings. The van der Waals surface area contributed by atoms with Crippen molar-refractivity contribution < 1.29 is 9.84 Å². The molecule has 19 heavy (non-hydrogen) atoms. The van der Waals surface area contributed by atoms with Gasteiger partial charge in [-0.15, -0.1) is 0 Å². The highest BCUT2D eigenvalue weighted by atomic mass is 16.5. The Kier molecular flexibility index (Phi) is 4.22. The second-order valence-corrected chi connectivity index (χ2v) is 4.69. The largest absolute Gasteiger partial charge is 0.494 e. The third kappa shape index (κ3) is 3.35. The molecule has 0 aliphatic carbocycles. The van der Waals surface area contributed by atoms with Crippen LogP contribution in [0.15, 0.2) is 30.6 Å². The summed E-state index contributed by atoms with van der Waals surface area (Å²) in [4.78, 5) is 0. The van der Waals surface area contributed by atoms with Crippen molar-refractivity contribution in [3.05, 3.63) is 47.3 Å². The molecule has 0 saturated carbocycles. The van der Waals surface area contributed by atoms with Gasteiger partial charge in [-0.1, -0.05) is 6.07 Å². The third-order valence-corrected chi connectivity index (χ3v) is 2.96. The molecular weight excluding hydrogens is 240 g/mol. The van der Waals surface area contributed by atoms with Gasteiger partial charge in [0, 0.05) is 11.8 Å². The smallest absolute Gasteiger partial charge is 0.124 e. The summed E-state index contributed by atoms with van der Waals surface area (Å²) in [5, 5.41) is 14.0.